The predicted molar refractivity (Wildman–Crippen MR) is 139 cm³/mol. The number of hydrogen-bond donors (Lipinski definition) is 2. The van der Waals surface area contributed by atoms with Gasteiger partial charge >= 0.3 is 0 Å². The summed E-state index contributed by atoms with van der Waals surface area (Å²) in [5, 5.41) is 3.30. The summed E-state index contributed by atoms with van der Waals surface area (Å²) in [5.41, 5.74) is 0.158. The predicted octanol–water partition coefficient (Wildman–Crippen LogP) is 4.25. The minimum Gasteiger partial charge on any atom is -0.424 e. The highest BCUT2D eigenvalue weighted by Gasteiger charge is 2.50. The highest BCUT2D eigenvalue weighted by Crippen LogP contribution is 2.44. The molecule has 0 aliphatic carbocycles. The largest absolute Gasteiger partial charge is 0.424 e. The lowest BCUT2D eigenvalue weighted by molar-refractivity contribution is 0.441. The molecule has 1 aromatic heterocycles. The molecule has 5 nitrogen and oxygen atoms in total. The Bertz CT molecular complexity index is 1130. The molecule has 0 saturated heterocycles. The van der Waals surface area contributed by atoms with Crippen LogP contribution in [0, 0.1) is 0 Å². The van der Waals surface area contributed by atoms with Crippen molar-refractivity contribution >= 4 is 40.1 Å². The first-order chi connectivity index (χ1) is 15.3. The third-order valence-corrected chi connectivity index (χ3v) is 13.4. The molecule has 0 saturated carbocycles. The molecule has 2 aromatic carbocycles. The second-order valence-electron chi connectivity index (χ2n) is 10.3. The van der Waals surface area contributed by atoms with Crippen LogP contribution in [0.4, 0.5) is 0 Å². The zero-order valence-electron chi connectivity index (χ0n) is 20.2. The number of thiazole rings is 1. The summed E-state index contributed by atoms with van der Waals surface area (Å²) in [4.78, 5) is 16.8. The fraction of sp³-hybridized carbons (Fsp3) is 0.400. The number of benzene rings is 2. The molecule has 2 N–H and O–H groups in total. The van der Waals surface area contributed by atoms with Gasteiger partial charge in [0.25, 0.3) is 18.3 Å². The van der Waals surface area contributed by atoms with E-state index in [1.807, 2.05) is 86.8 Å². The van der Waals surface area contributed by atoms with E-state index in [-0.39, 0.29) is 10.3 Å². The minimum absolute atomic E-state index is 0.0266. The zero-order valence-corrected chi connectivity index (χ0v) is 22.8. The molecule has 0 bridgehead atoms. The maximum atomic E-state index is 12.7. The molecule has 178 valence electrons. The Kier molecular flexibility index (Phi) is 7.36. The van der Waals surface area contributed by atoms with Crippen molar-refractivity contribution in [3.05, 3.63) is 71.7 Å². The first-order valence-corrected chi connectivity index (χ1v) is 15.4. The number of nitrogens with zero attached hydrogens (tertiary/aromatic N) is 1. The van der Waals surface area contributed by atoms with Crippen LogP contribution in [0.15, 0.2) is 70.4 Å². The zero-order chi connectivity index (χ0) is 24.5. The summed E-state index contributed by atoms with van der Waals surface area (Å²) < 4.78 is 28.1. The third kappa shape index (κ3) is 5.63. The fourth-order valence-corrected chi connectivity index (χ4v) is 10.8. The van der Waals surface area contributed by atoms with Crippen LogP contribution < -0.4 is 15.1 Å². The highest BCUT2D eigenvalue weighted by molar-refractivity contribution is 7.91. The normalized spacial score (nSPS) is 14.3. The van der Waals surface area contributed by atoms with Crippen LogP contribution in [-0.2, 0) is 10.0 Å². The molecule has 0 fully saturated rings. The minimum atomic E-state index is -3.67. The number of aromatic nitrogens is 1. The number of sulfonamides is 1. The van der Waals surface area contributed by atoms with Crippen molar-refractivity contribution in [1.29, 1.82) is 0 Å². The summed E-state index contributed by atoms with van der Waals surface area (Å²) in [6.45, 7) is 11.7. The first-order valence-electron chi connectivity index (χ1n) is 11.1. The van der Waals surface area contributed by atoms with Crippen molar-refractivity contribution in [1.82, 2.24) is 9.71 Å². The average molecular weight is 503 g/mol. The van der Waals surface area contributed by atoms with Crippen molar-refractivity contribution in [3.63, 3.8) is 0 Å². The SMILES string of the molecule is CC(CC(C)(C)[Si](O)(c1ccccc1)c1ccccc1)c1csc(S(=O)(=O)NC(C)(C)C)n1. The van der Waals surface area contributed by atoms with Crippen LogP contribution in [0.5, 0.6) is 0 Å². The van der Waals surface area contributed by atoms with Gasteiger partial charge in [0.15, 0.2) is 0 Å². The van der Waals surface area contributed by atoms with Gasteiger partial charge in [-0.3, -0.25) is 0 Å². The van der Waals surface area contributed by atoms with E-state index < -0.39 is 28.9 Å². The van der Waals surface area contributed by atoms with Crippen LogP contribution in [0.2, 0.25) is 5.04 Å². The monoisotopic (exact) mass is 502 g/mol. The maximum Gasteiger partial charge on any atom is 0.268 e. The van der Waals surface area contributed by atoms with Gasteiger partial charge in [-0.05, 0) is 48.5 Å². The van der Waals surface area contributed by atoms with Crippen molar-refractivity contribution in [3.8, 4) is 0 Å². The van der Waals surface area contributed by atoms with Gasteiger partial charge in [0, 0.05) is 10.9 Å². The molecule has 33 heavy (non-hydrogen) atoms. The van der Waals surface area contributed by atoms with E-state index in [4.69, 9.17) is 0 Å². The Morgan fingerprint density at radius 2 is 1.45 bits per heavy atom. The van der Waals surface area contributed by atoms with E-state index in [0.717, 1.165) is 27.4 Å². The summed E-state index contributed by atoms with van der Waals surface area (Å²) in [5.74, 6) is -0.0266. The average Bonchev–Trinajstić information content (AvgIpc) is 3.24. The van der Waals surface area contributed by atoms with Gasteiger partial charge in [0.2, 0.25) is 4.34 Å². The summed E-state index contributed by atoms with van der Waals surface area (Å²) in [6, 6.07) is 19.8. The van der Waals surface area contributed by atoms with Gasteiger partial charge in [0.05, 0.1) is 5.69 Å². The lowest BCUT2D eigenvalue weighted by Crippen LogP contribution is -2.65. The number of nitrogens with one attached hydrogen (secondary N) is 1. The van der Waals surface area contributed by atoms with Gasteiger partial charge in [0.1, 0.15) is 0 Å². The van der Waals surface area contributed by atoms with E-state index >= 15 is 0 Å². The molecule has 0 aliphatic heterocycles. The van der Waals surface area contributed by atoms with Crippen LogP contribution in [0.1, 0.15) is 59.6 Å². The van der Waals surface area contributed by atoms with E-state index in [2.05, 4.69) is 30.5 Å². The van der Waals surface area contributed by atoms with Gasteiger partial charge in [-0.15, -0.1) is 11.3 Å². The Labute approximate surface area is 203 Å². The summed E-state index contributed by atoms with van der Waals surface area (Å²) in [7, 11) is -6.81. The van der Waals surface area contributed by atoms with Gasteiger partial charge in [-0.1, -0.05) is 81.4 Å². The van der Waals surface area contributed by atoms with Crippen LogP contribution in [0.3, 0.4) is 0 Å². The van der Waals surface area contributed by atoms with E-state index in [1.54, 1.807) is 0 Å². The standard InChI is InChI=1S/C25H34N2O3S2Si/c1-19(22-18-31-23(26-22)32(28,29)27-24(2,3)4)17-25(5,6)33(30,20-13-9-7-10-14-20)21-15-11-8-12-16-21/h7-16,18-19,27,30H,17H2,1-6H3. The molecule has 0 aliphatic rings. The van der Waals surface area contributed by atoms with Gasteiger partial charge < -0.3 is 4.80 Å². The molecule has 0 radical (unpaired) electrons. The lowest BCUT2D eigenvalue weighted by atomic mass is 9.96. The fourth-order valence-electron chi connectivity index (χ4n) is 4.39. The Hall–Kier alpha value is -1.84. The molecule has 1 atom stereocenters. The molecule has 1 heterocycles. The van der Waals surface area contributed by atoms with Crippen LogP contribution in [0.25, 0.3) is 0 Å². The molecule has 0 amide bonds. The van der Waals surface area contributed by atoms with E-state index in [1.165, 1.54) is 0 Å². The Morgan fingerprint density at radius 3 is 1.91 bits per heavy atom. The number of rotatable bonds is 8. The first kappa shape index (κ1) is 25.8. The van der Waals surface area contributed by atoms with Crippen molar-refractivity contribution in [2.24, 2.45) is 0 Å². The van der Waals surface area contributed by atoms with Gasteiger partial charge in [-0.2, -0.15) is 0 Å². The third-order valence-electron chi connectivity index (χ3n) is 5.86. The van der Waals surface area contributed by atoms with Crippen LogP contribution in [-0.4, -0.2) is 32.1 Å². The van der Waals surface area contributed by atoms with Crippen molar-refractivity contribution < 1.29 is 13.2 Å². The second kappa shape index (κ2) is 9.42. The smallest absolute Gasteiger partial charge is 0.268 e. The highest BCUT2D eigenvalue weighted by atomic mass is 32.2. The summed E-state index contributed by atoms with van der Waals surface area (Å²) >= 11 is 1.14. The maximum absolute atomic E-state index is 12.7. The molecular formula is C25H34N2O3S2Si. The molecule has 8 heteroatoms. The topological polar surface area (TPSA) is 79.3 Å². The quantitative estimate of drug-likeness (QED) is 0.452. The molecule has 3 rings (SSSR count). The Morgan fingerprint density at radius 1 is 0.970 bits per heavy atom. The van der Waals surface area contributed by atoms with Gasteiger partial charge in [-0.25, -0.2) is 18.1 Å². The Balaban J connectivity index is 1.94. The summed E-state index contributed by atoms with van der Waals surface area (Å²) in [6.07, 6.45) is 0.662. The van der Waals surface area contributed by atoms with Crippen molar-refractivity contribution in [2.75, 3.05) is 0 Å². The number of hydrogen-bond acceptors (Lipinski definition) is 5. The second-order valence-corrected chi connectivity index (χ2v) is 17.0. The molecule has 1 unspecified atom stereocenters. The lowest BCUT2D eigenvalue weighted by Gasteiger charge is -2.42. The van der Waals surface area contributed by atoms with E-state index in [9.17, 15) is 13.2 Å². The molecule has 0 spiro atoms. The molecular weight excluding hydrogens is 469 g/mol. The van der Waals surface area contributed by atoms with Crippen molar-refractivity contribution in [2.45, 2.75) is 68.8 Å². The van der Waals surface area contributed by atoms with Crippen LogP contribution >= 0.6 is 11.3 Å². The molecule has 3 aromatic rings. The van der Waals surface area contributed by atoms with E-state index in [0.29, 0.717) is 6.42 Å².